The summed E-state index contributed by atoms with van der Waals surface area (Å²) < 4.78 is 5.18. The lowest BCUT2D eigenvalue weighted by molar-refractivity contribution is -0.134. The molecule has 0 atom stereocenters. The SMILES string of the molecule is O=C(CN1CCN(C(=O)c2ccco2)CC1)N1CCN(C(=O)c2cccs2)CC1. The maximum atomic E-state index is 12.7. The number of carbonyl (C=O) groups is 3. The highest BCUT2D eigenvalue weighted by atomic mass is 32.1. The van der Waals surface area contributed by atoms with Crippen molar-refractivity contribution in [2.24, 2.45) is 0 Å². The maximum absolute atomic E-state index is 12.7. The molecule has 4 rings (SSSR count). The van der Waals surface area contributed by atoms with Gasteiger partial charge in [0.05, 0.1) is 17.7 Å². The standard InChI is InChI=1S/C20H24N4O4S/c25-18(22-9-11-24(12-10-22)20(27)17-4-2-14-29-17)15-21-5-7-23(8-6-21)19(26)16-3-1-13-28-16/h1-4,13-14H,5-12,15H2. The quantitative estimate of drug-likeness (QED) is 0.746. The lowest BCUT2D eigenvalue weighted by atomic mass is 10.2. The molecule has 0 saturated carbocycles. The van der Waals surface area contributed by atoms with E-state index in [2.05, 4.69) is 4.90 Å². The molecule has 154 valence electrons. The zero-order chi connectivity index (χ0) is 20.2. The van der Waals surface area contributed by atoms with Gasteiger partial charge in [-0.3, -0.25) is 19.3 Å². The van der Waals surface area contributed by atoms with Gasteiger partial charge in [0.15, 0.2) is 5.76 Å². The minimum atomic E-state index is -0.104. The van der Waals surface area contributed by atoms with Crippen molar-refractivity contribution >= 4 is 29.1 Å². The maximum Gasteiger partial charge on any atom is 0.289 e. The van der Waals surface area contributed by atoms with Crippen molar-refractivity contribution in [1.29, 1.82) is 0 Å². The number of carbonyl (C=O) groups excluding carboxylic acids is 3. The Morgan fingerprint density at radius 3 is 2.10 bits per heavy atom. The minimum absolute atomic E-state index is 0.0458. The van der Waals surface area contributed by atoms with Crippen LogP contribution in [0.3, 0.4) is 0 Å². The number of nitrogens with zero attached hydrogens (tertiary/aromatic N) is 4. The third-order valence-corrected chi connectivity index (χ3v) is 6.26. The summed E-state index contributed by atoms with van der Waals surface area (Å²) in [7, 11) is 0. The van der Waals surface area contributed by atoms with Crippen molar-refractivity contribution < 1.29 is 18.8 Å². The smallest absolute Gasteiger partial charge is 0.289 e. The molecular weight excluding hydrogens is 392 g/mol. The lowest BCUT2D eigenvalue weighted by Gasteiger charge is -2.37. The average Bonchev–Trinajstić information content (AvgIpc) is 3.47. The van der Waals surface area contributed by atoms with Crippen LogP contribution in [0.1, 0.15) is 20.2 Å². The van der Waals surface area contributed by atoms with Crippen LogP contribution in [0.15, 0.2) is 40.3 Å². The second-order valence-corrected chi connectivity index (χ2v) is 8.14. The van der Waals surface area contributed by atoms with Crippen LogP contribution in [0.2, 0.25) is 0 Å². The van der Waals surface area contributed by atoms with Crippen LogP contribution < -0.4 is 0 Å². The fourth-order valence-electron chi connectivity index (χ4n) is 3.67. The Balaban J connectivity index is 1.21. The first-order chi connectivity index (χ1) is 14.1. The molecule has 2 aromatic heterocycles. The summed E-state index contributed by atoms with van der Waals surface area (Å²) in [5, 5.41) is 1.90. The van der Waals surface area contributed by atoms with Gasteiger partial charge in [-0.2, -0.15) is 0 Å². The molecule has 0 radical (unpaired) electrons. The summed E-state index contributed by atoms with van der Waals surface area (Å²) in [5.41, 5.74) is 0. The van der Waals surface area contributed by atoms with Crippen LogP contribution in [0.5, 0.6) is 0 Å². The van der Waals surface area contributed by atoms with Crippen LogP contribution in [-0.4, -0.2) is 96.2 Å². The molecule has 29 heavy (non-hydrogen) atoms. The molecule has 9 heteroatoms. The van der Waals surface area contributed by atoms with Gasteiger partial charge in [-0.15, -0.1) is 11.3 Å². The van der Waals surface area contributed by atoms with Crippen molar-refractivity contribution in [3.8, 4) is 0 Å². The molecule has 2 fully saturated rings. The monoisotopic (exact) mass is 416 g/mol. The fourth-order valence-corrected chi connectivity index (χ4v) is 4.36. The van der Waals surface area contributed by atoms with Gasteiger partial charge < -0.3 is 19.1 Å². The number of furan rings is 1. The Labute approximate surface area is 173 Å². The second-order valence-electron chi connectivity index (χ2n) is 7.20. The number of hydrogen-bond acceptors (Lipinski definition) is 6. The van der Waals surface area contributed by atoms with E-state index >= 15 is 0 Å². The van der Waals surface area contributed by atoms with Crippen LogP contribution in [0.25, 0.3) is 0 Å². The van der Waals surface area contributed by atoms with Crippen molar-refractivity contribution in [3.63, 3.8) is 0 Å². The van der Waals surface area contributed by atoms with Crippen LogP contribution >= 0.6 is 11.3 Å². The van der Waals surface area contributed by atoms with Gasteiger partial charge in [-0.25, -0.2) is 0 Å². The van der Waals surface area contributed by atoms with Gasteiger partial charge in [0.2, 0.25) is 5.91 Å². The van der Waals surface area contributed by atoms with Crippen LogP contribution in [0, 0.1) is 0 Å². The Hall–Kier alpha value is -2.65. The lowest BCUT2D eigenvalue weighted by Crippen LogP contribution is -2.55. The van der Waals surface area contributed by atoms with Gasteiger partial charge >= 0.3 is 0 Å². The molecule has 0 aromatic carbocycles. The van der Waals surface area contributed by atoms with Crippen molar-refractivity contribution in [2.75, 3.05) is 58.9 Å². The van der Waals surface area contributed by atoms with Gasteiger partial charge in [0, 0.05) is 52.4 Å². The van der Waals surface area contributed by atoms with E-state index in [1.165, 1.54) is 17.6 Å². The zero-order valence-corrected chi connectivity index (χ0v) is 17.0. The molecule has 2 aliphatic rings. The topological polar surface area (TPSA) is 77.3 Å². The van der Waals surface area contributed by atoms with Crippen molar-refractivity contribution in [1.82, 2.24) is 19.6 Å². The molecule has 2 aromatic rings. The van der Waals surface area contributed by atoms with Gasteiger partial charge in [-0.05, 0) is 23.6 Å². The molecule has 2 aliphatic heterocycles. The third-order valence-electron chi connectivity index (χ3n) is 5.40. The molecule has 0 N–H and O–H groups in total. The second kappa shape index (κ2) is 8.79. The number of piperazine rings is 2. The third kappa shape index (κ3) is 4.51. The Morgan fingerprint density at radius 2 is 1.48 bits per heavy atom. The molecular formula is C20H24N4O4S. The first kappa shape index (κ1) is 19.7. The molecule has 4 heterocycles. The average molecular weight is 417 g/mol. The Bertz CT molecular complexity index is 836. The molecule has 0 spiro atoms. The zero-order valence-electron chi connectivity index (χ0n) is 16.2. The molecule has 3 amide bonds. The van der Waals surface area contributed by atoms with Crippen molar-refractivity contribution in [2.45, 2.75) is 0 Å². The number of amides is 3. The Morgan fingerprint density at radius 1 is 0.828 bits per heavy atom. The number of rotatable bonds is 4. The number of hydrogen-bond donors (Lipinski definition) is 0. The molecule has 8 nitrogen and oxygen atoms in total. The molecule has 0 bridgehead atoms. The van der Waals surface area contributed by atoms with Crippen LogP contribution in [-0.2, 0) is 4.79 Å². The summed E-state index contributed by atoms with van der Waals surface area (Å²) >= 11 is 1.44. The summed E-state index contributed by atoms with van der Waals surface area (Å²) in [6, 6.07) is 7.08. The number of thiophene rings is 1. The van der Waals surface area contributed by atoms with E-state index in [0.717, 1.165) is 4.88 Å². The highest BCUT2D eigenvalue weighted by Gasteiger charge is 2.28. The van der Waals surface area contributed by atoms with Gasteiger partial charge in [0.25, 0.3) is 11.8 Å². The van der Waals surface area contributed by atoms with Gasteiger partial charge in [-0.1, -0.05) is 6.07 Å². The normalized spacial score (nSPS) is 18.1. The predicted molar refractivity (Wildman–Crippen MR) is 108 cm³/mol. The van der Waals surface area contributed by atoms with E-state index in [9.17, 15) is 14.4 Å². The van der Waals surface area contributed by atoms with Gasteiger partial charge in [0.1, 0.15) is 0 Å². The summed E-state index contributed by atoms with van der Waals surface area (Å²) in [6.45, 7) is 5.08. The molecule has 0 unspecified atom stereocenters. The molecule has 0 aliphatic carbocycles. The fraction of sp³-hybridized carbons (Fsp3) is 0.450. The summed E-state index contributed by atoms with van der Waals surface area (Å²) in [5.74, 6) is 0.375. The Kier molecular flexibility index (Phi) is 5.96. The van der Waals surface area contributed by atoms with E-state index < -0.39 is 0 Å². The van der Waals surface area contributed by atoms with E-state index in [-0.39, 0.29) is 17.7 Å². The minimum Gasteiger partial charge on any atom is -0.459 e. The van der Waals surface area contributed by atoms with Crippen LogP contribution in [0.4, 0.5) is 0 Å². The highest BCUT2D eigenvalue weighted by molar-refractivity contribution is 7.12. The first-order valence-corrected chi connectivity index (χ1v) is 10.7. The predicted octanol–water partition coefficient (Wildman–Crippen LogP) is 1.08. The largest absolute Gasteiger partial charge is 0.459 e. The first-order valence-electron chi connectivity index (χ1n) is 9.77. The van der Waals surface area contributed by atoms with E-state index in [1.807, 2.05) is 27.3 Å². The van der Waals surface area contributed by atoms with E-state index in [4.69, 9.17) is 4.42 Å². The van der Waals surface area contributed by atoms with E-state index in [0.29, 0.717) is 64.7 Å². The molecule has 2 saturated heterocycles. The highest BCUT2D eigenvalue weighted by Crippen LogP contribution is 2.14. The summed E-state index contributed by atoms with van der Waals surface area (Å²) in [6.07, 6.45) is 1.50. The van der Waals surface area contributed by atoms with Crippen molar-refractivity contribution in [3.05, 3.63) is 46.5 Å². The summed E-state index contributed by atoms with van der Waals surface area (Å²) in [4.78, 5) is 45.6. The van der Waals surface area contributed by atoms with E-state index in [1.54, 1.807) is 17.0 Å².